The third-order valence-electron chi connectivity index (χ3n) is 2.56. The van der Waals surface area contributed by atoms with Gasteiger partial charge in [-0.1, -0.05) is 67.2 Å². The molecule has 0 radical (unpaired) electrons. The van der Waals surface area contributed by atoms with E-state index < -0.39 is 0 Å². The Balaban J connectivity index is 2.47. The minimum atomic E-state index is -0.315. The normalized spacial score (nSPS) is 12.5. The van der Waals surface area contributed by atoms with Crippen LogP contribution in [-0.2, 0) is 0 Å². The summed E-state index contributed by atoms with van der Waals surface area (Å²) < 4.78 is 1.92. The second kappa shape index (κ2) is 5.93. The van der Waals surface area contributed by atoms with Crippen LogP contribution >= 0.6 is 55.1 Å². The van der Waals surface area contributed by atoms with Crippen molar-refractivity contribution in [1.29, 1.82) is 0 Å². The van der Waals surface area contributed by atoms with Crippen molar-refractivity contribution in [1.82, 2.24) is 0 Å². The Labute approximate surface area is 133 Å². The number of hydrogen-bond acceptors (Lipinski definition) is 1. The standard InChI is InChI=1S/C13H9Br2Cl2N/c14-8-4-7(5-9(15)6-8)13(18)10-2-1-3-11(16)12(10)17/h1-6,13H,18H2. The van der Waals surface area contributed by atoms with E-state index in [1.165, 1.54) is 0 Å². The van der Waals surface area contributed by atoms with Gasteiger partial charge in [0, 0.05) is 8.95 Å². The number of halogens is 4. The van der Waals surface area contributed by atoms with E-state index in [2.05, 4.69) is 31.9 Å². The summed E-state index contributed by atoms with van der Waals surface area (Å²) in [7, 11) is 0. The first-order valence-corrected chi connectivity index (χ1v) is 7.48. The molecule has 94 valence electrons. The SMILES string of the molecule is NC(c1cc(Br)cc(Br)c1)c1cccc(Cl)c1Cl. The molecule has 0 aliphatic heterocycles. The van der Waals surface area contributed by atoms with E-state index >= 15 is 0 Å². The third-order valence-corrected chi connectivity index (χ3v) is 4.31. The van der Waals surface area contributed by atoms with E-state index in [1.807, 2.05) is 30.3 Å². The third kappa shape index (κ3) is 3.09. The van der Waals surface area contributed by atoms with Gasteiger partial charge in [0.25, 0.3) is 0 Å². The minimum absolute atomic E-state index is 0.315. The van der Waals surface area contributed by atoms with Gasteiger partial charge >= 0.3 is 0 Å². The lowest BCUT2D eigenvalue weighted by molar-refractivity contribution is 0.870. The van der Waals surface area contributed by atoms with Crippen molar-refractivity contribution in [3.8, 4) is 0 Å². The molecule has 5 heteroatoms. The topological polar surface area (TPSA) is 26.0 Å². The van der Waals surface area contributed by atoms with Gasteiger partial charge in [-0.05, 0) is 35.4 Å². The number of nitrogens with two attached hydrogens (primary N) is 1. The van der Waals surface area contributed by atoms with E-state index in [9.17, 15) is 0 Å². The maximum atomic E-state index is 6.24. The Morgan fingerprint density at radius 1 is 1.00 bits per heavy atom. The molecular weight excluding hydrogens is 401 g/mol. The number of rotatable bonds is 2. The smallest absolute Gasteiger partial charge is 0.0643 e. The highest BCUT2D eigenvalue weighted by atomic mass is 79.9. The second-order valence-electron chi connectivity index (χ2n) is 3.82. The molecule has 0 bridgehead atoms. The highest BCUT2D eigenvalue weighted by Crippen LogP contribution is 2.33. The Morgan fingerprint density at radius 3 is 2.22 bits per heavy atom. The summed E-state index contributed by atoms with van der Waals surface area (Å²) in [6.45, 7) is 0. The molecule has 0 spiro atoms. The van der Waals surface area contributed by atoms with Crippen LogP contribution in [0.3, 0.4) is 0 Å². The Morgan fingerprint density at radius 2 is 1.61 bits per heavy atom. The van der Waals surface area contributed by atoms with E-state index in [0.29, 0.717) is 10.0 Å². The zero-order valence-electron chi connectivity index (χ0n) is 9.13. The molecule has 0 aliphatic rings. The molecule has 2 aromatic rings. The van der Waals surface area contributed by atoms with Crippen LogP contribution in [-0.4, -0.2) is 0 Å². The Hall–Kier alpha value is -0.0600. The molecule has 0 fully saturated rings. The molecular formula is C13H9Br2Cl2N. The second-order valence-corrected chi connectivity index (χ2v) is 6.44. The predicted molar refractivity (Wildman–Crippen MR) is 84.3 cm³/mol. The van der Waals surface area contributed by atoms with Gasteiger partial charge in [-0.3, -0.25) is 0 Å². The molecule has 2 N–H and O–H groups in total. The van der Waals surface area contributed by atoms with E-state index in [0.717, 1.165) is 20.1 Å². The summed E-state index contributed by atoms with van der Waals surface area (Å²) in [5.74, 6) is 0. The van der Waals surface area contributed by atoms with Crippen molar-refractivity contribution in [2.75, 3.05) is 0 Å². The average molecular weight is 410 g/mol. The maximum absolute atomic E-state index is 6.24. The zero-order valence-corrected chi connectivity index (χ0v) is 13.8. The van der Waals surface area contributed by atoms with Gasteiger partial charge in [-0.25, -0.2) is 0 Å². The van der Waals surface area contributed by atoms with Crippen LogP contribution in [0.2, 0.25) is 10.0 Å². The lowest BCUT2D eigenvalue weighted by atomic mass is 10.00. The molecule has 0 amide bonds. The van der Waals surface area contributed by atoms with Gasteiger partial charge < -0.3 is 5.73 Å². The molecule has 18 heavy (non-hydrogen) atoms. The Bertz CT molecular complexity index is 567. The molecule has 0 heterocycles. The summed E-state index contributed by atoms with van der Waals surface area (Å²) in [5.41, 5.74) is 8.01. The van der Waals surface area contributed by atoms with Crippen LogP contribution in [0.5, 0.6) is 0 Å². The van der Waals surface area contributed by atoms with Crippen LogP contribution < -0.4 is 5.73 Å². The van der Waals surface area contributed by atoms with E-state index in [4.69, 9.17) is 28.9 Å². The van der Waals surface area contributed by atoms with Gasteiger partial charge in [0.05, 0.1) is 16.1 Å². The largest absolute Gasteiger partial charge is 0.320 e. The van der Waals surface area contributed by atoms with Crippen molar-refractivity contribution in [3.05, 3.63) is 66.5 Å². The van der Waals surface area contributed by atoms with Crippen molar-refractivity contribution in [2.24, 2.45) is 5.73 Å². The van der Waals surface area contributed by atoms with E-state index in [-0.39, 0.29) is 6.04 Å². The highest BCUT2D eigenvalue weighted by Gasteiger charge is 2.15. The zero-order chi connectivity index (χ0) is 13.3. The van der Waals surface area contributed by atoms with Crippen LogP contribution in [0.25, 0.3) is 0 Å². The number of hydrogen-bond donors (Lipinski definition) is 1. The molecule has 0 aliphatic carbocycles. The van der Waals surface area contributed by atoms with Gasteiger partial charge in [0.1, 0.15) is 0 Å². The highest BCUT2D eigenvalue weighted by molar-refractivity contribution is 9.11. The molecule has 0 aromatic heterocycles. The van der Waals surface area contributed by atoms with Gasteiger partial charge in [0.2, 0.25) is 0 Å². The van der Waals surface area contributed by atoms with Crippen molar-refractivity contribution < 1.29 is 0 Å². The van der Waals surface area contributed by atoms with Crippen LogP contribution in [0.15, 0.2) is 45.3 Å². The van der Waals surface area contributed by atoms with Gasteiger partial charge in [-0.15, -0.1) is 0 Å². The summed E-state index contributed by atoms with van der Waals surface area (Å²) >= 11 is 19.1. The summed E-state index contributed by atoms with van der Waals surface area (Å²) in [6.07, 6.45) is 0. The van der Waals surface area contributed by atoms with Crippen LogP contribution in [0.4, 0.5) is 0 Å². The maximum Gasteiger partial charge on any atom is 0.0643 e. The molecule has 2 aromatic carbocycles. The molecule has 1 nitrogen and oxygen atoms in total. The van der Waals surface area contributed by atoms with Crippen LogP contribution in [0, 0.1) is 0 Å². The number of benzene rings is 2. The van der Waals surface area contributed by atoms with Crippen molar-refractivity contribution >= 4 is 55.1 Å². The fourth-order valence-electron chi connectivity index (χ4n) is 1.69. The monoisotopic (exact) mass is 407 g/mol. The Kier molecular flexibility index (Phi) is 4.73. The first kappa shape index (κ1) is 14.4. The molecule has 2 rings (SSSR count). The van der Waals surface area contributed by atoms with E-state index in [1.54, 1.807) is 6.07 Å². The molecule has 0 saturated heterocycles. The lowest BCUT2D eigenvalue weighted by Gasteiger charge is -2.15. The van der Waals surface area contributed by atoms with Gasteiger partial charge in [-0.2, -0.15) is 0 Å². The molecule has 1 atom stereocenters. The fourth-order valence-corrected chi connectivity index (χ4v) is 3.45. The van der Waals surface area contributed by atoms with Gasteiger partial charge in [0.15, 0.2) is 0 Å². The summed E-state index contributed by atoms with van der Waals surface area (Å²) in [4.78, 5) is 0. The quantitative estimate of drug-likeness (QED) is 0.689. The minimum Gasteiger partial charge on any atom is -0.320 e. The summed E-state index contributed by atoms with van der Waals surface area (Å²) in [6, 6.07) is 11.0. The predicted octanol–water partition coefficient (Wildman–Crippen LogP) is 5.57. The first-order chi connectivity index (χ1) is 8.49. The molecule has 0 saturated carbocycles. The molecule has 1 unspecified atom stereocenters. The average Bonchev–Trinajstić information content (AvgIpc) is 2.30. The summed E-state index contributed by atoms with van der Waals surface area (Å²) in [5, 5.41) is 1.02. The first-order valence-electron chi connectivity index (χ1n) is 5.14. The fraction of sp³-hybridized carbons (Fsp3) is 0.0769. The lowest BCUT2D eigenvalue weighted by Crippen LogP contribution is -2.12. The van der Waals surface area contributed by atoms with Crippen molar-refractivity contribution in [3.63, 3.8) is 0 Å². The van der Waals surface area contributed by atoms with Crippen LogP contribution in [0.1, 0.15) is 17.2 Å². The van der Waals surface area contributed by atoms with Crippen molar-refractivity contribution in [2.45, 2.75) is 6.04 Å².